The second kappa shape index (κ2) is 8.88. The molecule has 10 heteroatoms. The number of anilines is 1. The maximum absolute atomic E-state index is 13.9. The molecule has 2 aromatic carbocycles. The number of hydrogen-bond donors (Lipinski definition) is 3. The largest absolute Gasteiger partial charge is 0.508 e. The number of hydrogen-bond acceptors (Lipinski definition) is 7. The van der Waals surface area contributed by atoms with E-state index in [0.29, 0.717) is 11.1 Å². The molecule has 0 spiro atoms. The van der Waals surface area contributed by atoms with Gasteiger partial charge in [-0.25, -0.2) is 9.69 Å². The molecule has 0 radical (unpaired) electrons. The van der Waals surface area contributed by atoms with Crippen LogP contribution in [-0.2, 0) is 19.2 Å². The number of Topliss-reactive ketones (excluding diaryl/α,β-unsaturated/α-hetero) is 1. The number of allylic oxidation sites excluding steroid dienone is 6. The number of ketones is 2. The number of carboxylic acid groups (broad SMARTS) is 1. The number of imide groups is 1. The fourth-order valence-electron chi connectivity index (χ4n) is 6.39. The predicted molar refractivity (Wildman–Crippen MR) is 140 cm³/mol. The molecule has 0 aromatic heterocycles. The van der Waals surface area contributed by atoms with E-state index in [4.69, 9.17) is 0 Å². The molecule has 1 aliphatic heterocycles. The van der Waals surface area contributed by atoms with Crippen molar-refractivity contribution in [2.24, 2.45) is 17.8 Å². The molecular weight excluding hydrogens is 570 g/mol. The molecule has 1 heterocycles. The number of carbonyl (C=O) groups is 5. The van der Waals surface area contributed by atoms with Crippen LogP contribution in [0.1, 0.15) is 34.7 Å². The van der Waals surface area contributed by atoms with Gasteiger partial charge in [0, 0.05) is 34.8 Å². The zero-order valence-electron chi connectivity index (χ0n) is 20.1. The van der Waals surface area contributed by atoms with E-state index in [1.165, 1.54) is 18.2 Å². The van der Waals surface area contributed by atoms with Crippen LogP contribution in [0, 0.1) is 17.8 Å². The number of amides is 2. The molecular formula is C29H20BrNO8. The number of benzene rings is 2. The van der Waals surface area contributed by atoms with Gasteiger partial charge >= 0.3 is 5.97 Å². The molecule has 0 bridgehead atoms. The monoisotopic (exact) mass is 589 g/mol. The number of aromatic hydroxyl groups is 2. The molecule has 0 saturated carbocycles. The molecule has 1 fully saturated rings. The number of rotatable bonds is 3. The summed E-state index contributed by atoms with van der Waals surface area (Å²) in [5.74, 6) is -6.73. The van der Waals surface area contributed by atoms with Crippen molar-refractivity contribution in [3.63, 3.8) is 0 Å². The SMILES string of the molecule is O=C1C=C(Br)C(=O)C2=C1[C@@H](c1ccccc1O)C1=CC[C@@H]3C(=O)N(c4ccc(C(=O)O)c(O)c4)C(=O)[C@@H]3[C@@H]1C2. The third-order valence-corrected chi connectivity index (χ3v) is 8.64. The quantitative estimate of drug-likeness (QED) is 0.278. The highest BCUT2D eigenvalue weighted by atomic mass is 79.9. The van der Waals surface area contributed by atoms with Gasteiger partial charge < -0.3 is 15.3 Å². The maximum atomic E-state index is 13.9. The molecule has 196 valence electrons. The van der Waals surface area contributed by atoms with Gasteiger partial charge in [0.15, 0.2) is 11.6 Å². The molecule has 0 unspecified atom stereocenters. The van der Waals surface area contributed by atoms with E-state index in [9.17, 15) is 39.3 Å². The van der Waals surface area contributed by atoms with E-state index in [1.807, 2.05) is 6.08 Å². The Labute approximate surface area is 229 Å². The van der Waals surface area contributed by atoms with E-state index in [1.54, 1.807) is 18.2 Å². The fraction of sp³-hybridized carbons (Fsp3) is 0.207. The molecule has 9 nitrogen and oxygen atoms in total. The van der Waals surface area contributed by atoms with Crippen LogP contribution in [0.15, 0.2) is 75.8 Å². The summed E-state index contributed by atoms with van der Waals surface area (Å²) in [6.45, 7) is 0. The molecule has 2 amide bonds. The minimum absolute atomic E-state index is 0.0472. The van der Waals surface area contributed by atoms with Crippen molar-refractivity contribution in [3.8, 4) is 11.5 Å². The van der Waals surface area contributed by atoms with Crippen molar-refractivity contribution in [1.82, 2.24) is 0 Å². The number of para-hydroxylation sites is 1. The number of phenols is 2. The molecule has 6 rings (SSSR count). The van der Waals surface area contributed by atoms with Crippen molar-refractivity contribution in [2.45, 2.75) is 18.8 Å². The summed E-state index contributed by atoms with van der Waals surface area (Å²) in [6, 6.07) is 10.0. The Balaban J connectivity index is 1.47. The minimum atomic E-state index is -1.35. The van der Waals surface area contributed by atoms with Gasteiger partial charge in [-0.15, -0.1) is 0 Å². The van der Waals surface area contributed by atoms with E-state index in [0.717, 1.165) is 17.0 Å². The van der Waals surface area contributed by atoms with E-state index >= 15 is 0 Å². The Hall–Kier alpha value is -4.31. The third-order valence-electron chi connectivity index (χ3n) is 8.05. The zero-order chi connectivity index (χ0) is 27.7. The molecule has 3 N–H and O–H groups in total. The van der Waals surface area contributed by atoms with Gasteiger partial charge in [-0.2, -0.15) is 0 Å². The van der Waals surface area contributed by atoms with Gasteiger partial charge in [0.05, 0.1) is 22.0 Å². The highest BCUT2D eigenvalue weighted by molar-refractivity contribution is 9.12. The molecule has 3 aliphatic carbocycles. The first-order chi connectivity index (χ1) is 18.6. The standard InChI is InChI=1S/C29H20BrNO8/c30-19-11-22(34)25-18(26(19)35)10-17-13(23(25)14-3-1-2-4-20(14)32)7-8-16-24(17)28(37)31(27(16)36)12-5-6-15(29(38)39)21(33)9-12/h1-7,9,11,16-17,23-24,32-33H,8,10H2,(H,38,39)/t16-,17+,23+,24-/m0/s1. The van der Waals surface area contributed by atoms with Crippen molar-refractivity contribution in [1.29, 1.82) is 0 Å². The summed E-state index contributed by atoms with van der Waals surface area (Å²) in [4.78, 5) is 66.1. The van der Waals surface area contributed by atoms with Gasteiger partial charge in [-0.1, -0.05) is 29.8 Å². The lowest BCUT2D eigenvalue weighted by molar-refractivity contribution is -0.123. The van der Waals surface area contributed by atoms with Crippen molar-refractivity contribution in [2.75, 3.05) is 4.90 Å². The van der Waals surface area contributed by atoms with Gasteiger partial charge in [0.1, 0.15) is 17.1 Å². The van der Waals surface area contributed by atoms with Crippen LogP contribution in [0.25, 0.3) is 0 Å². The molecule has 2 aromatic rings. The first-order valence-electron chi connectivity index (χ1n) is 12.2. The van der Waals surface area contributed by atoms with E-state index < -0.39 is 47.2 Å². The predicted octanol–water partition coefficient (Wildman–Crippen LogP) is 3.76. The summed E-state index contributed by atoms with van der Waals surface area (Å²) >= 11 is 3.17. The zero-order valence-corrected chi connectivity index (χ0v) is 21.7. The van der Waals surface area contributed by atoms with Crippen LogP contribution >= 0.6 is 15.9 Å². The van der Waals surface area contributed by atoms with Crippen molar-refractivity contribution < 1.29 is 39.3 Å². The van der Waals surface area contributed by atoms with Gasteiger partial charge in [-0.3, -0.25) is 19.2 Å². The lowest BCUT2D eigenvalue weighted by Gasteiger charge is -2.42. The number of nitrogens with zero attached hydrogens (tertiary/aromatic N) is 1. The average molecular weight is 590 g/mol. The molecule has 1 saturated heterocycles. The Morgan fingerprint density at radius 3 is 2.38 bits per heavy atom. The average Bonchev–Trinajstić information content (AvgIpc) is 3.16. The van der Waals surface area contributed by atoms with E-state index in [2.05, 4.69) is 15.9 Å². The minimum Gasteiger partial charge on any atom is -0.508 e. The lowest BCUT2D eigenvalue weighted by atomic mass is 9.59. The van der Waals surface area contributed by atoms with Crippen LogP contribution in [0.3, 0.4) is 0 Å². The molecule has 4 atom stereocenters. The van der Waals surface area contributed by atoms with Crippen LogP contribution < -0.4 is 4.90 Å². The van der Waals surface area contributed by atoms with Crippen LogP contribution in [0.4, 0.5) is 5.69 Å². The normalized spacial score (nSPS) is 26.1. The summed E-state index contributed by atoms with van der Waals surface area (Å²) in [7, 11) is 0. The van der Waals surface area contributed by atoms with Crippen molar-refractivity contribution in [3.05, 3.63) is 86.9 Å². The molecule has 39 heavy (non-hydrogen) atoms. The van der Waals surface area contributed by atoms with Gasteiger partial charge in [0.2, 0.25) is 11.8 Å². The number of aromatic carboxylic acids is 1. The summed E-state index contributed by atoms with van der Waals surface area (Å²) in [6.07, 6.45) is 3.32. The Kier molecular flexibility index (Phi) is 5.69. The third kappa shape index (κ3) is 3.62. The van der Waals surface area contributed by atoms with E-state index in [-0.39, 0.29) is 57.0 Å². The summed E-state index contributed by atoms with van der Waals surface area (Å²) in [5.41, 5.74) is 1.30. The Morgan fingerprint density at radius 1 is 0.949 bits per heavy atom. The number of carbonyl (C=O) groups excluding carboxylic acids is 4. The number of halogens is 1. The van der Waals surface area contributed by atoms with Gasteiger partial charge in [-0.05, 0) is 52.9 Å². The number of phenolic OH excluding ortho intramolecular Hbond substituents is 1. The Morgan fingerprint density at radius 2 is 1.69 bits per heavy atom. The van der Waals surface area contributed by atoms with Crippen LogP contribution in [0.5, 0.6) is 11.5 Å². The highest BCUT2D eigenvalue weighted by Gasteiger charge is 2.57. The highest BCUT2D eigenvalue weighted by Crippen LogP contribution is 2.56. The van der Waals surface area contributed by atoms with Crippen LogP contribution in [0.2, 0.25) is 0 Å². The smallest absolute Gasteiger partial charge is 0.339 e. The van der Waals surface area contributed by atoms with Gasteiger partial charge in [0.25, 0.3) is 0 Å². The summed E-state index contributed by atoms with van der Waals surface area (Å²) < 4.78 is 0.103. The second-order valence-corrected chi connectivity index (χ2v) is 10.8. The molecule has 4 aliphatic rings. The summed E-state index contributed by atoms with van der Waals surface area (Å²) in [5, 5.41) is 30.1. The topological polar surface area (TPSA) is 149 Å². The first kappa shape index (κ1) is 25.0. The van der Waals surface area contributed by atoms with Crippen molar-refractivity contribution >= 4 is 51.0 Å². The maximum Gasteiger partial charge on any atom is 0.339 e. The number of carboxylic acids is 1. The fourth-order valence-corrected chi connectivity index (χ4v) is 6.84. The Bertz CT molecular complexity index is 1630. The number of fused-ring (bicyclic) bond motifs is 3. The first-order valence-corrected chi connectivity index (χ1v) is 13.0. The second-order valence-electron chi connectivity index (χ2n) is 9.97. The van der Waals surface area contributed by atoms with Crippen LogP contribution in [-0.4, -0.2) is 44.7 Å². The lowest BCUT2D eigenvalue weighted by Crippen LogP contribution is -2.39.